The largest absolute Gasteiger partial charge is 0.480 e. The van der Waals surface area contributed by atoms with Gasteiger partial charge in [0.15, 0.2) is 0 Å². The Kier molecular flexibility index (Phi) is 3.40. The molecular formula is C8H12N4O3. The van der Waals surface area contributed by atoms with E-state index < -0.39 is 17.9 Å². The summed E-state index contributed by atoms with van der Waals surface area (Å²) in [6, 6.07) is -1.10. The van der Waals surface area contributed by atoms with Crippen LogP contribution in [0.3, 0.4) is 0 Å². The van der Waals surface area contributed by atoms with E-state index in [1.54, 1.807) is 7.05 Å². The summed E-state index contributed by atoms with van der Waals surface area (Å²) < 4.78 is 1.53. The number of aromatic nitrogens is 2. The zero-order valence-electron chi connectivity index (χ0n) is 8.17. The highest BCUT2D eigenvalue weighted by Gasteiger charge is 2.14. The first-order valence-corrected chi connectivity index (χ1v) is 4.25. The van der Waals surface area contributed by atoms with Crippen LogP contribution in [0.5, 0.6) is 0 Å². The van der Waals surface area contributed by atoms with Crippen molar-refractivity contribution in [3.8, 4) is 0 Å². The Morgan fingerprint density at radius 1 is 1.73 bits per heavy atom. The molecule has 0 fully saturated rings. The van der Waals surface area contributed by atoms with Crippen molar-refractivity contribution in [2.45, 2.75) is 6.04 Å². The SMILES string of the molecule is Cn1cncc1C(=O)NC[C@H](N)C(=O)O. The van der Waals surface area contributed by atoms with Crippen LogP contribution in [0.15, 0.2) is 12.5 Å². The number of imidazole rings is 1. The van der Waals surface area contributed by atoms with E-state index in [1.165, 1.54) is 17.1 Å². The van der Waals surface area contributed by atoms with Gasteiger partial charge in [-0.1, -0.05) is 0 Å². The van der Waals surface area contributed by atoms with E-state index in [4.69, 9.17) is 10.8 Å². The zero-order chi connectivity index (χ0) is 11.4. The number of nitrogens with zero attached hydrogens (tertiary/aromatic N) is 2. The van der Waals surface area contributed by atoms with Gasteiger partial charge in [-0.2, -0.15) is 0 Å². The van der Waals surface area contributed by atoms with Crippen molar-refractivity contribution < 1.29 is 14.7 Å². The third-order valence-corrected chi connectivity index (χ3v) is 1.85. The van der Waals surface area contributed by atoms with E-state index >= 15 is 0 Å². The summed E-state index contributed by atoms with van der Waals surface area (Å²) in [6.07, 6.45) is 2.87. The van der Waals surface area contributed by atoms with Gasteiger partial charge in [0.1, 0.15) is 11.7 Å². The highest BCUT2D eigenvalue weighted by Crippen LogP contribution is 1.95. The molecule has 0 saturated heterocycles. The molecule has 1 heterocycles. The second-order valence-electron chi connectivity index (χ2n) is 3.04. The topological polar surface area (TPSA) is 110 Å². The second-order valence-corrected chi connectivity index (χ2v) is 3.04. The van der Waals surface area contributed by atoms with Gasteiger partial charge in [0.2, 0.25) is 0 Å². The number of carboxylic acid groups (broad SMARTS) is 1. The van der Waals surface area contributed by atoms with Crippen LogP contribution in [0.25, 0.3) is 0 Å². The highest BCUT2D eigenvalue weighted by molar-refractivity contribution is 5.92. The molecule has 0 bridgehead atoms. The van der Waals surface area contributed by atoms with Gasteiger partial charge in [-0.3, -0.25) is 9.59 Å². The lowest BCUT2D eigenvalue weighted by Gasteiger charge is -2.08. The van der Waals surface area contributed by atoms with Crippen LogP contribution >= 0.6 is 0 Å². The van der Waals surface area contributed by atoms with E-state index in [1.807, 2.05) is 0 Å². The van der Waals surface area contributed by atoms with Crippen LogP contribution in [0, 0.1) is 0 Å². The first-order valence-electron chi connectivity index (χ1n) is 4.25. The smallest absolute Gasteiger partial charge is 0.322 e. The van der Waals surface area contributed by atoms with Gasteiger partial charge in [-0.25, -0.2) is 4.98 Å². The molecule has 1 atom stereocenters. The number of nitrogens with one attached hydrogen (secondary N) is 1. The molecule has 0 spiro atoms. The van der Waals surface area contributed by atoms with Crippen molar-refractivity contribution in [1.82, 2.24) is 14.9 Å². The summed E-state index contributed by atoms with van der Waals surface area (Å²) in [5, 5.41) is 10.9. The second kappa shape index (κ2) is 4.56. The average Bonchev–Trinajstić information content (AvgIpc) is 2.60. The maximum Gasteiger partial charge on any atom is 0.322 e. The number of aryl methyl sites for hydroxylation is 1. The van der Waals surface area contributed by atoms with E-state index in [0.717, 1.165) is 0 Å². The van der Waals surface area contributed by atoms with Crippen LogP contribution in [0.4, 0.5) is 0 Å². The lowest BCUT2D eigenvalue weighted by atomic mass is 10.3. The summed E-state index contributed by atoms with van der Waals surface area (Å²) in [5.74, 6) is -1.55. The maximum atomic E-state index is 11.4. The van der Waals surface area contributed by atoms with Crippen molar-refractivity contribution in [2.24, 2.45) is 12.8 Å². The Labute approximate surface area is 85.9 Å². The molecule has 0 saturated carbocycles. The minimum absolute atomic E-state index is 0.112. The predicted molar refractivity (Wildman–Crippen MR) is 51.2 cm³/mol. The number of carbonyl (C=O) groups is 2. The third-order valence-electron chi connectivity index (χ3n) is 1.85. The molecule has 15 heavy (non-hydrogen) atoms. The van der Waals surface area contributed by atoms with Crippen LogP contribution in [-0.2, 0) is 11.8 Å². The van der Waals surface area contributed by atoms with Crippen LogP contribution in [0.1, 0.15) is 10.5 Å². The predicted octanol–water partition coefficient (Wildman–Crippen LogP) is -1.44. The number of nitrogens with two attached hydrogens (primary N) is 1. The molecule has 7 heteroatoms. The Hall–Kier alpha value is -1.89. The molecule has 0 unspecified atom stereocenters. The third kappa shape index (κ3) is 2.78. The minimum atomic E-state index is -1.15. The quantitative estimate of drug-likeness (QED) is 0.566. The number of amides is 1. The molecular weight excluding hydrogens is 200 g/mol. The summed E-state index contributed by atoms with van der Waals surface area (Å²) in [7, 11) is 1.67. The van der Waals surface area contributed by atoms with Gasteiger partial charge in [-0.15, -0.1) is 0 Å². The summed E-state index contributed by atoms with van der Waals surface area (Å²) in [5.41, 5.74) is 5.57. The number of aliphatic carboxylic acids is 1. The molecule has 0 radical (unpaired) electrons. The van der Waals surface area contributed by atoms with Gasteiger partial charge in [0.25, 0.3) is 5.91 Å². The van der Waals surface area contributed by atoms with Gasteiger partial charge in [-0.05, 0) is 0 Å². The molecule has 7 nitrogen and oxygen atoms in total. The van der Waals surface area contributed by atoms with Gasteiger partial charge in [0, 0.05) is 13.6 Å². The molecule has 0 aliphatic carbocycles. The Morgan fingerprint density at radius 3 is 2.87 bits per heavy atom. The Balaban J connectivity index is 2.51. The van der Waals surface area contributed by atoms with E-state index in [2.05, 4.69) is 10.3 Å². The maximum absolute atomic E-state index is 11.4. The van der Waals surface area contributed by atoms with Crippen LogP contribution in [0.2, 0.25) is 0 Å². The summed E-state index contributed by atoms with van der Waals surface area (Å²) in [6.45, 7) is -0.112. The van der Waals surface area contributed by atoms with Gasteiger partial charge >= 0.3 is 5.97 Å². The van der Waals surface area contributed by atoms with Crippen molar-refractivity contribution in [3.63, 3.8) is 0 Å². The molecule has 1 aromatic rings. The van der Waals surface area contributed by atoms with Crippen molar-refractivity contribution >= 4 is 11.9 Å². The monoisotopic (exact) mass is 212 g/mol. The lowest BCUT2D eigenvalue weighted by Crippen LogP contribution is -2.42. The molecule has 1 amide bonds. The summed E-state index contributed by atoms with van der Waals surface area (Å²) >= 11 is 0. The minimum Gasteiger partial charge on any atom is -0.480 e. The normalized spacial score (nSPS) is 12.1. The highest BCUT2D eigenvalue weighted by atomic mass is 16.4. The zero-order valence-corrected chi connectivity index (χ0v) is 8.17. The van der Waals surface area contributed by atoms with Crippen LogP contribution < -0.4 is 11.1 Å². The number of carbonyl (C=O) groups excluding carboxylic acids is 1. The van der Waals surface area contributed by atoms with Crippen molar-refractivity contribution in [3.05, 3.63) is 18.2 Å². The molecule has 82 valence electrons. The van der Waals surface area contributed by atoms with E-state index in [9.17, 15) is 9.59 Å². The fourth-order valence-electron chi connectivity index (χ4n) is 0.957. The van der Waals surface area contributed by atoms with Crippen LogP contribution in [-0.4, -0.2) is 39.1 Å². The number of rotatable bonds is 4. The number of carboxylic acids is 1. The van der Waals surface area contributed by atoms with E-state index in [0.29, 0.717) is 5.69 Å². The number of hydrogen-bond donors (Lipinski definition) is 3. The summed E-state index contributed by atoms with van der Waals surface area (Å²) in [4.78, 5) is 25.6. The van der Waals surface area contributed by atoms with E-state index in [-0.39, 0.29) is 6.54 Å². The fourth-order valence-corrected chi connectivity index (χ4v) is 0.957. The fraction of sp³-hybridized carbons (Fsp3) is 0.375. The lowest BCUT2D eigenvalue weighted by molar-refractivity contribution is -0.138. The molecule has 4 N–H and O–H groups in total. The first kappa shape index (κ1) is 11.2. The molecule has 1 rings (SSSR count). The van der Waals surface area contributed by atoms with Crippen molar-refractivity contribution in [1.29, 1.82) is 0 Å². The molecule has 0 aliphatic rings. The molecule has 1 aromatic heterocycles. The van der Waals surface area contributed by atoms with Crippen molar-refractivity contribution in [2.75, 3.05) is 6.54 Å². The van der Waals surface area contributed by atoms with Gasteiger partial charge in [0.05, 0.1) is 12.5 Å². The average molecular weight is 212 g/mol. The first-order chi connectivity index (χ1) is 7.02. The molecule has 0 aromatic carbocycles. The molecule has 0 aliphatic heterocycles. The Bertz CT molecular complexity index is 374. The standard InChI is InChI=1S/C8H12N4O3/c1-12-4-10-3-6(12)7(13)11-2-5(9)8(14)15/h3-5H,2,9H2,1H3,(H,11,13)(H,14,15)/t5-/m0/s1. The Morgan fingerprint density at radius 2 is 2.40 bits per heavy atom. The van der Waals surface area contributed by atoms with Gasteiger partial charge < -0.3 is 20.7 Å². The number of hydrogen-bond acceptors (Lipinski definition) is 4.